The van der Waals surface area contributed by atoms with Crippen molar-refractivity contribution in [3.05, 3.63) is 30.2 Å². The quantitative estimate of drug-likeness (QED) is 0.718. The number of carbonyl (C=O) groups excluding carboxylic acids is 1. The van der Waals surface area contributed by atoms with Crippen LogP contribution in [0.5, 0.6) is 0 Å². The molecule has 0 saturated carbocycles. The van der Waals surface area contributed by atoms with E-state index < -0.39 is 24.5 Å². The zero-order chi connectivity index (χ0) is 19.9. The second-order valence-electron chi connectivity index (χ2n) is 7.16. The first-order valence-electron chi connectivity index (χ1n) is 9.14. The molecule has 1 saturated heterocycles. The van der Waals surface area contributed by atoms with Crippen LogP contribution in [0.4, 0.5) is 18.9 Å². The SMILES string of the molecule is Cc1cc(N2CCC(C(=O)NCC(F)(F)F)CC2)c2c(cnc3nccc32)[nH]1. The van der Waals surface area contributed by atoms with Gasteiger partial charge in [-0.3, -0.25) is 4.79 Å². The monoisotopic (exact) mass is 391 g/mol. The highest BCUT2D eigenvalue weighted by molar-refractivity contribution is 6.10. The second-order valence-corrected chi connectivity index (χ2v) is 7.16. The molecule has 3 aromatic rings. The molecule has 0 unspecified atom stereocenters. The molecule has 4 heterocycles. The van der Waals surface area contributed by atoms with E-state index in [0.717, 1.165) is 27.7 Å². The Balaban J connectivity index is 1.56. The lowest BCUT2D eigenvalue weighted by atomic mass is 9.95. The van der Waals surface area contributed by atoms with E-state index in [0.29, 0.717) is 31.6 Å². The number of H-pyrrole nitrogens is 1. The first-order chi connectivity index (χ1) is 13.3. The summed E-state index contributed by atoms with van der Waals surface area (Å²) < 4.78 is 37.0. The smallest absolute Gasteiger partial charge is 0.371 e. The molecule has 0 bridgehead atoms. The predicted molar refractivity (Wildman–Crippen MR) is 100 cm³/mol. The van der Waals surface area contributed by atoms with Crippen LogP contribution in [0.1, 0.15) is 18.5 Å². The highest BCUT2D eigenvalue weighted by atomic mass is 19.4. The summed E-state index contributed by atoms with van der Waals surface area (Å²) in [4.78, 5) is 26.2. The molecule has 0 aromatic carbocycles. The number of fused-ring (bicyclic) bond motifs is 3. The van der Waals surface area contributed by atoms with E-state index >= 15 is 0 Å². The van der Waals surface area contributed by atoms with E-state index in [9.17, 15) is 18.0 Å². The normalized spacial score (nSPS) is 16.1. The fourth-order valence-electron chi connectivity index (χ4n) is 3.82. The molecular weight excluding hydrogens is 371 g/mol. The van der Waals surface area contributed by atoms with Crippen molar-refractivity contribution in [3.63, 3.8) is 0 Å². The Kier molecular flexibility index (Phi) is 4.60. The lowest BCUT2D eigenvalue weighted by molar-refractivity contribution is -0.141. The van der Waals surface area contributed by atoms with Crippen molar-refractivity contribution in [2.75, 3.05) is 24.5 Å². The molecule has 2 N–H and O–H groups in total. The van der Waals surface area contributed by atoms with Gasteiger partial charge in [0.1, 0.15) is 6.54 Å². The molecule has 6 nitrogen and oxygen atoms in total. The summed E-state index contributed by atoms with van der Waals surface area (Å²) in [7, 11) is 0. The van der Waals surface area contributed by atoms with Crippen LogP contribution in [0.3, 0.4) is 0 Å². The number of aryl methyl sites for hydroxylation is 1. The molecule has 0 spiro atoms. The highest BCUT2D eigenvalue weighted by Crippen LogP contribution is 2.34. The van der Waals surface area contributed by atoms with Crippen LogP contribution in [0.25, 0.3) is 21.9 Å². The van der Waals surface area contributed by atoms with Crippen LogP contribution in [-0.2, 0) is 4.79 Å². The van der Waals surface area contributed by atoms with Crippen molar-refractivity contribution in [3.8, 4) is 0 Å². The number of amides is 1. The number of halogens is 3. The van der Waals surface area contributed by atoms with Crippen molar-refractivity contribution in [2.24, 2.45) is 5.92 Å². The number of carbonyl (C=O) groups is 1. The largest absolute Gasteiger partial charge is 0.405 e. The molecule has 9 heteroatoms. The third kappa shape index (κ3) is 3.61. The lowest BCUT2D eigenvalue weighted by Crippen LogP contribution is -2.43. The Morgan fingerprint density at radius 2 is 2.07 bits per heavy atom. The lowest BCUT2D eigenvalue weighted by Gasteiger charge is -2.34. The zero-order valence-electron chi connectivity index (χ0n) is 15.3. The van der Waals surface area contributed by atoms with Gasteiger partial charge in [0.25, 0.3) is 0 Å². The van der Waals surface area contributed by atoms with Gasteiger partial charge in [0, 0.05) is 47.4 Å². The number of hydrogen-bond acceptors (Lipinski definition) is 4. The van der Waals surface area contributed by atoms with Gasteiger partial charge < -0.3 is 15.2 Å². The number of aromatic nitrogens is 3. The summed E-state index contributed by atoms with van der Waals surface area (Å²) >= 11 is 0. The van der Waals surface area contributed by atoms with Crippen molar-refractivity contribution in [1.82, 2.24) is 20.3 Å². The summed E-state index contributed by atoms with van der Waals surface area (Å²) in [5, 5.41) is 3.98. The number of piperidine rings is 1. The second kappa shape index (κ2) is 6.96. The topological polar surface area (TPSA) is 73.9 Å². The fourth-order valence-corrected chi connectivity index (χ4v) is 3.82. The van der Waals surface area contributed by atoms with E-state index in [4.69, 9.17) is 0 Å². The van der Waals surface area contributed by atoms with Crippen LogP contribution in [0.15, 0.2) is 24.5 Å². The van der Waals surface area contributed by atoms with E-state index in [2.05, 4.69) is 25.9 Å². The minimum absolute atomic E-state index is 0.400. The van der Waals surface area contributed by atoms with Gasteiger partial charge in [0.2, 0.25) is 5.91 Å². The number of rotatable bonds is 3. The number of nitrogens with one attached hydrogen (secondary N) is 2. The minimum Gasteiger partial charge on any atom is -0.371 e. The zero-order valence-corrected chi connectivity index (χ0v) is 15.3. The van der Waals surface area contributed by atoms with Crippen LogP contribution in [0.2, 0.25) is 0 Å². The number of pyridine rings is 2. The molecule has 0 aliphatic carbocycles. The van der Waals surface area contributed by atoms with E-state index in [-0.39, 0.29) is 0 Å². The number of anilines is 1. The summed E-state index contributed by atoms with van der Waals surface area (Å²) in [6, 6.07) is 3.98. The maximum atomic E-state index is 12.3. The molecule has 0 atom stereocenters. The van der Waals surface area contributed by atoms with Crippen molar-refractivity contribution in [2.45, 2.75) is 25.9 Å². The third-order valence-electron chi connectivity index (χ3n) is 5.14. The fraction of sp³-hybridized carbons (Fsp3) is 0.421. The molecule has 0 radical (unpaired) electrons. The van der Waals surface area contributed by atoms with Gasteiger partial charge in [0.15, 0.2) is 5.65 Å². The number of aromatic amines is 1. The molecule has 1 aliphatic heterocycles. The van der Waals surface area contributed by atoms with Gasteiger partial charge in [0.05, 0.1) is 11.7 Å². The Hall–Kier alpha value is -2.84. The van der Waals surface area contributed by atoms with Gasteiger partial charge in [-0.05, 0) is 31.9 Å². The number of nitrogens with zero attached hydrogens (tertiary/aromatic N) is 3. The highest BCUT2D eigenvalue weighted by Gasteiger charge is 2.31. The van der Waals surface area contributed by atoms with E-state index in [1.165, 1.54) is 0 Å². The van der Waals surface area contributed by atoms with Gasteiger partial charge >= 0.3 is 6.18 Å². The van der Waals surface area contributed by atoms with Gasteiger partial charge in [-0.2, -0.15) is 13.2 Å². The van der Waals surface area contributed by atoms with Crippen molar-refractivity contribution >= 4 is 33.5 Å². The molecule has 1 fully saturated rings. The average Bonchev–Trinajstić information content (AvgIpc) is 3.13. The van der Waals surface area contributed by atoms with E-state index in [1.807, 2.05) is 18.3 Å². The summed E-state index contributed by atoms with van der Waals surface area (Å²) in [6.45, 7) is 1.88. The molecule has 1 aliphatic rings. The molecule has 148 valence electrons. The van der Waals surface area contributed by atoms with Gasteiger partial charge in [-0.1, -0.05) is 0 Å². The summed E-state index contributed by atoms with van der Waals surface area (Å²) in [6.07, 6.45) is 0.115. The maximum Gasteiger partial charge on any atom is 0.405 e. The first kappa shape index (κ1) is 18.5. The maximum absolute atomic E-state index is 12.3. The number of alkyl halides is 3. The van der Waals surface area contributed by atoms with Crippen LogP contribution in [-0.4, -0.2) is 46.7 Å². The summed E-state index contributed by atoms with van der Waals surface area (Å²) in [5.41, 5.74) is 3.59. The Morgan fingerprint density at radius 1 is 1.32 bits per heavy atom. The van der Waals surface area contributed by atoms with Crippen LogP contribution >= 0.6 is 0 Å². The van der Waals surface area contributed by atoms with Crippen molar-refractivity contribution < 1.29 is 18.0 Å². The minimum atomic E-state index is -4.39. The van der Waals surface area contributed by atoms with Crippen LogP contribution in [0, 0.1) is 12.8 Å². The number of hydrogen-bond donors (Lipinski definition) is 2. The van der Waals surface area contributed by atoms with E-state index in [1.54, 1.807) is 12.4 Å². The molecule has 28 heavy (non-hydrogen) atoms. The van der Waals surface area contributed by atoms with Gasteiger partial charge in [-0.25, -0.2) is 9.97 Å². The third-order valence-corrected chi connectivity index (χ3v) is 5.14. The first-order valence-corrected chi connectivity index (χ1v) is 9.14. The summed E-state index contributed by atoms with van der Waals surface area (Å²) in [5.74, 6) is -0.922. The molecule has 1 amide bonds. The Labute approximate surface area is 159 Å². The van der Waals surface area contributed by atoms with Gasteiger partial charge in [-0.15, -0.1) is 0 Å². The molecule has 3 aromatic heterocycles. The Morgan fingerprint density at radius 3 is 2.79 bits per heavy atom. The molecule has 4 rings (SSSR count). The Bertz CT molecular complexity index is 1020. The van der Waals surface area contributed by atoms with Crippen LogP contribution < -0.4 is 10.2 Å². The molecular formula is C19H20F3N5O. The standard InChI is InChI=1S/C19H20F3N5O/c1-11-8-15(16-13-2-5-23-17(13)24-9-14(16)26-11)27-6-3-12(4-7-27)18(28)25-10-19(20,21)22/h2,5,8-9,12,26H,3-4,6-7,10H2,1H3,(H,25,28). The van der Waals surface area contributed by atoms with Crippen molar-refractivity contribution in [1.29, 1.82) is 0 Å². The predicted octanol–water partition coefficient (Wildman–Crippen LogP) is 3.31. The average molecular weight is 391 g/mol.